The van der Waals surface area contributed by atoms with Gasteiger partial charge in [-0.15, -0.1) is 0 Å². The van der Waals surface area contributed by atoms with E-state index in [2.05, 4.69) is 209 Å². The summed E-state index contributed by atoms with van der Waals surface area (Å²) in [5, 5.41) is 2.50. The molecule has 254 valence electrons. The highest BCUT2D eigenvalue weighted by Gasteiger charge is 2.40. The Kier molecular flexibility index (Phi) is 6.94. The Bertz CT molecular complexity index is 2710. The van der Waals surface area contributed by atoms with Crippen molar-refractivity contribution in [3.8, 4) is 44.5 Å². The molecule has 0 fully saturated rings. The van der Waals surface area contributed by atoms with Crippen molar-refractivity contribution in [1.82, 2.24) is 0 Å². The minimum Gasteiger partial charge on any atom is -0.310 e. The fraction of sp³-hybridized carbons (Fsp3) is 0.115. The van der Waals surface area contributed by atoms with Gasteiger partial charge in [0.15, 0.2) is 0 Å². The molecule has 8 aromatic carbocycles. The van der Waals surface area contributed by atoms with E-state index in [1.807, 2.05) is 0 Å². The molecule has 0 aliphatic heterocycles. The van der Waals surface area contributed by atoms with Crippen molar-refractivity contribution < 1.29 is 0 Å². The van der Waals surface area contributed by atoms with Crippen molar-refractivity contribution in [2.45, 2.75) is 38.5 Å². The summed E-state index contributed by atoms with van der Waals surface area (Å²) in [6.07, 6.45) is 0. The van der Waals surface area contributed by atoms with Crippen LogP contribution in [-0.2, 0) is 10.8 Å². The normalized spacial score (nSPS) is 14.3. The predicted molar refractivity (Wildman–Crippen MR) is 225 cm³/mol. The molecule has 53 heavy (non-hydrogen) atoms. The van der Waals surface area contributed by atoms with E-state index < -0.39 is 0 Å². The lowest BCUT2D eigenvalue weighted by molar-refractivity contribution is 0.658. The molecular formula is C52H41N. The van der Waals surface area contributed by atoms with Crippen molar-refractivity contribution in [2.24, 2.45) is 0 Å². The van der Waals surface area contributed by atoms with E-state index in [0.717, 1.165) is 5.69 Å². The molecule has 0 heterocycles. The smallest absolute Gasteiger partial charge is 0.0508 e. The number of fused-ring (bicyclic) bond motifs is 7. The monoisotopic (exact) mass is 679 g/mol. The zero-order chi connectivity index (χ0) is 35.9. The van der Waals surface area contributed by atoms with Crippen LogP contribution >= 0.6 is 0 Å². The van der Waals surface area contributed by atoms with Crippen LogP contribution in [0.4, 0.5) is 17.1 Å². The number of benzene rings is 8. The van der Waals surface area contributed by atoms with Crippen LogP contribution in [-0.4, -0.2) is 0 Å². The summed E-state index contributed by atoms with van der Waals surface area (Å²) < 4.78 is 0. The molecule has 0 saturated carbocycles. The van der Waals surface area contributed by atoms with Crippen LogP contribution in [0, 0.1) is 0 Å². The van der Waals surface area contributed by atoms with Crippen molar-refractivity contribution in [3.05, 3.63) is 198 Å². The standard InChI is InChI=1S/C52H41N/c1-51(2)46-18-10-8-15-42(46)44-30-29-41(33-48(44)51)53(49-20-12-17-45-43-16-9-11-19-47(43)52(3,4)50(45)49)40-27-25-35(26-28-40)37-22-24-38-31-36(21-23-39(38)32-37)34-13-6-5-7-14-34/h5-33H,1-4H3. The topological polar surface area (TPSA) is 3.24 Å². The maximum Gasteiger partial charge on any atom is 0.0508 e. The van der Waals surface area contributed by atoms with Gasteiger partial charge in [0.1, 0.15) is 0 Å². The first-order valence-corrected chi connectivity index (χ1v) is 18.8. The highest BCUT2D eigenvalue weighted by Crippen LogP contribution is 2.55. The molecule has 0 saturated heterocycles. The van der Waals surface area contributed by atoms with Gasteiger partial charge in [0, 0.05) is 22.2 Å². The summed E-state index contributed by atoms with van der Waals surface area (Å²) >= 11 is 0. The number of hydrogen-bond acceptors (Lipinski definition) is 1. The van der Waals surface area contributed by atoms with Crippen LogP contribution in [0.2, 0.25) is 0 Å². The van der Waals surface area contributed by atoms with E-state index in [4.69, 9.17) is 0 Å². The summed E-state index contributed by atoms with van der Waals surface area (Å²) in [7, 11) is 0. The molecule has 0 atom stereocenters. The lowest BCUT2D eigenvalue weighted by Gasteiger charge is -2.33. The van der Waals surface area contributed by atoms with Gasteiger partial charge in [-0.1, -0.05) is 161 Å². The Morgan fingerprint density at radius 3 is 1.53 bits per heavy atom. The van der Waals surface area contributed by atoms with Gasteiger partial charge in [0.2, 0.25) is 0 Å². The fourth-order valence-corrected chi connectivity index (χ4v) is 9.30. The molecule has 8 aromatic rings. The zero-order valence-electron chi connectivity index (χ0n) is 30.7. The molecule has 2 aliphatic carbocycles. The molecule has 1 heteroatoms. The van der Waals surface area contributed by atoms with Gasteiger partial charge < -0.3 is 4.90 Å². The first-order valence-electron chi connectivity index (χ1n) is 18.8. The summed E-state index contributed by atoms with van der Waals surface area (Å²) in [4.78, 5) is 2.50. The number of anilines is 3. The maximum atomic E-state index is 2.50. The number of nitrogens with zero attached hydrogens (tertiary/aromatic N) is 1. The van der Waals surface area contributed by atoms with Crippen molar-refractivity contribution in [2.75, 3.05) is 4.90 Å². The molecule has 2 aliphatic rings. The van der Waals surface area contributed by atoms with E-state index in [1.165, 1.54) is 88.9 Å². The molecule has 10 rings (SSSR count). The molecule has 0 bridgehead atoms. The van der Waals surface area contributed by atoms with Crippen LogP contribution in [0.1, 0.15) is 49.9 Å². The average molecular weight is 680 g/mol. The molecule has 0 N–H and O–H groups in total. The molecule has 0 unspecified atom stereocenters. The second-order valence-corrected chi connectivity index (χ2v) is 15.8. The highest BCUT2D eigenvalue weighted by atomic mass is 15.1. The van der Waals surface area contributed by atoms with Crippen LogP contribution in [0.15, 0.2) is 176 Å². The minimum atomic E-state index is -0.154. The first-order chi connectivity index (χ1) is 25.8. The third-order valence-electron chi connectivity index (χ3n) is 12.0. The van der Waals surface area contributed by atoms with Gasteiger partial charge in [-0.2, -0.15) is 0 Å². The summed E-state index contributed by atoms with van der Waals surface area (Å²) in [6.45, 7) is 9.50. The minimum absolute atomic E-state index is 0.0937. The second kappa shape index (κ2) is 11.7. The Balaban J connectivity index is 1.10. The Labute approximate surface area is 312 Å². The van der Waals surface area contributed by atoms with Gasteiger partial charge in [-0.25, -0.2) is 0 Å². The van der Waals surface area contributed by atoms with E-state index in [1.54, 1.807) is 0 Å². The number of hydrogen-bond donors (Lipinski definition) is 0. The molecule has 0 amide bonds. The zero-order valence-corrected chi connectivity index (χ0v) is 30.7. The van der Waals surface area contributed by atoms with Crippen molar-refractivity contribution in [3.63, 3.8) is 0 Å². The summed E-state index contributed by atoms with van der Waals surface area (Å²) in [5.74, 6) is 0. The van der Waals surface area contributed by atoms with Crippen molar-refractivity contribution in [1.29, 1.82) is 0 Å². The highest BCUT2D eigenvalue weighted by molar-refractivity contribution is 5.94. The van der Waals surface area contributed by atoms with Gasteiger partial charge in [-0.3, -0.25) is 0 Å². The average Bonchev–Trinajstić information content (AvgIpc) is 3.58. The fourth-order valence-electron chi connectivity index (χ4n) is 9.30. The van der Waals surface area contributed by atoms with Crippen molar-refractivity contribution >= 4 is 27.8 Å². The molecule has 1 nitrogen and oxygen atoms in total. The molecule has 0 radical (unpaired) electrons. The lowest BCUT2D eigenvalue weighted by Crippen LogP contribution is -2.21. The first kappa shape index (κ1) is 31.5. The van der Waals surface area contributed by atoms with E-state index in [-0.39, 0.29) is 10.8 Å². The third-order valence-corrected chi connectivity index (χ3v) is 12.0. The largest absolute Gasteiger partial charge is 0.310 e. The quantitative estimate of drug-likeness (QED) is 0.175. The van der Waals surface area contributed by atoms with E-state index in [9.17, 15) is 0 Å². The predicted octanol–water partition coefficient (Wildman–Crippen LogP) is 14.3. The molecule has 0 spiro atoms. The Hall–Kier alpha value is -6.18. The van der Waals surface area contributed by atoms with Gasteiger partial charge in [0.05, 0.1) is 5.69 Å². The second-order valence-electron chi connectivity index (χ2n) is 15.8. The van der Waals surface area contributed by atoms with Gasteiger partial charge in [-0.05, 0) is 120 Å². The summed E-state index contributed by atoms with van der Waals surface area (Å²) in [6, 6.07) is 65.2. The molecule has 0 aromatic heterocycles. The van der Waals surface area contributed by atoms with Crippen LogP contribution in [0.25, 0.3) is 55.3 Å². The third kappa shape index (κ3) is 4.84. The Morgan fingerprint density at radius 2 is 0.849 bits per heavy atom. The van der Waals surface area contributed by atoms with Crippen LogP contribution in [0.5, 0.6) is 0 Å². The van der Waals surface area contributed by atoms with Gasteiger partial charge in [0.25, 0.3) is 0 Å². The SMILES string of the molecule is CC1(C)c2ccccc2-c2ccc(N(c3ccc(-c4ccc5cc(-c6ccccc6)ccc5c4)cc3)c3cccc4c3C(C)(C)c3ccccc3-4)cc21. The van der Waals surface area contributed by atoms with Gasteiger partial charge >= 0.3 is 0 Å². The molecular weight excluding hydrogens is 639 g/mol. The summed E-state index contributed by atoms with van der Waals surface area (Å²) in [5.41, 5.74) is 19.1. The number of rotatable bonds is 5. The van der Waals surface area contributed by atoms with E-state index in [0.29, 0.717) is 0 Å². The van der Waals surface area contributed by atoms with Crippen LogP contribution in [0.3, 0.4) is 0 Å². The van der Waals surface area contributed by atoms with E-state index >= 15 is 0 Å². The van der Waals surface area contributed by atoms with Crippen LogP contribution < -0.4 is 4.90 Å². The maximum absolute atomic E-state index is 2.50. The Morgan fingerprint density at radius 1 is 0.340 bits per heavy atom. The lowest BCUT2D eigenvalue weighted by atomic mass is 9.81.